The van der Waals surface area contributed by atoms with Crippen molar-refractivity contribution in [2.24, 2.45) is 5.73 Å². The zero-order chi connectivity index (χ0) is 5.15. The molecule has 0 aromatic carbocycles. The summed E-state index contributed by atoms with van der Waals surface area (Å²) in [6.45, 7) is 0. The molecular formula is C2H5F3IN. The lowest BCUT2D eigenvalue weighted by Crippen LogP contribution is -2.22. The molecule has 5 heteroatoms. The molecule has 0 rings (SSSR count). The van der Waals surface area contributed by atoms with Crippen molar-refractivity contribution in [3.8, 4) is 0 Å². The molecule has 0 bridgehead atoms. The van der Waals surface area contributed by atoms with Crippen LogP contribution in [0.4, 0.5) is 13.2 Å². The first-order valence-electron chi connectivity index (χ1n) is 1.32. The molecule has 0 spiro atoms. The molecule has 0 saturated carbocycles. The van der Waals surface area contributed by atoms with Crippen LogP contribution in [0.1, 0.15) is 0 Å². The molecule has 0 fully saturated rings. The van der Waals surface area contributed by atoms with Gasteiger partial charge in [0.25, 0.3) is 6.43 Å². The molecule has 0 saturated heterocycles. The van der Waals surface area contributed by atoms with Crippen LogP contribution in [0.5, 0.6) is 0 Å². The van der Waals surface area contributed by atoms with Crippen LogP contribution < -0.4 is 5.73 Å². The van der Waals surface area contributed by atoms with Gasteiger partial charge in [-0.2, -0.15) is 0 Å². The van der Waals surface area contributed by atoms with Gasteiger partial charge in [-0.15, -0.1) is 24.0 Å². The Labute approximate surface area is 56.1 Å². The third kappa shape index (κ3) is 6.48. The fourth-order valence-corrected chi connectivity index (χ4v) is 0. The zero-order valence-electron chi connectivity index (χ0n) is 3.27. The second kappa shape index (κ2) is 4.63. The highest BCUT2D eigenvalue weighted by Crippen LogP contribution is 1.96. The van der Waals surface area contributed by atoms with Crippen LogP contribution in [-0.4, -0.2) is 12.7 Å². The van der Waals surface area contributed by atoms with Crippen molar-refractivity contribution in [2.45, 2.75) is 12.7 Å². The number of alkyl halides is 3. The molecule has 0 amide bonds. The Morgan fingerprint density at radius 3 is 1.29 bits per heavy atom. The fraction of sp³-hybridized carbons (Fsp3) is 1.00. The molecule has 0 aromatic heterocycles. The summed E-state index contributed by atoms with van der Waals surface area (Å²) in [6.07, 6.45) is -5.52. The third-order valence-electron chi connectivity index (χ3n) is 0.241. The normalized spacial score (nSPS) is 13.3. The Morgan fingerprint density at radius 1 is 1.14 bits per heavy atom. The number of hydrogen-bond donors (Lipinski definition) is 1. The van der Waals surface area contributed by atoms with Crippen molar-refractivity contribution in [3.05, 3.63) is 0 Å². The second-order valence-corrected chi connectivity index (χ2v) is 0.779. The molecule has 1 nitrogen and oxygen atoms in total. The maximum absolute atomic E-state index is 10.9. The molecule has 1 unspecified atom stereocenters. The first-order valence-corrected chi connectivity index (χ1v) is 1.32. The molecule has 1 atom stereocenters. The number of halogens is 4. The monoisotopic (exact) mass is 227 g/mol. The standard InChI is InChI=1S/C2H4F3N.HI/c3-1(4)2(5)6;/h1-2H,6H2;1H. The Balaban J connectivity index is 0. The molecular weight excluding hydrogens is 222 g/mol. The number of rotatable bonds is 1. The lowest BCUT2D eigenvalue weighted by atomic mass is 10.7. The number of hydrogen-bond acceptors (Lipinski definition) is 1. The van der Waals surface area contributed by atoms with E-state index in [0.29, 0.717) is 0 Å². The van der Waals surface area contributed by atoms with Crippen molar-refractivity contribution >= 4 is 24.0 Å². The van der Waals surface area contributed by atoms with Crippen LogP contribution in [0.2, 0.25) is 0 Å². The summed E-state index contributed by atoms with van der Waals surface area (Å²) in [4.78, 5) is 0. The second-order valence-electron chi connectivity index (χ2n) is 0.779. The smallest absolute Gasteiger partial charge is 0.282 e. The van der Waals surface area contributed by atoms with Gasteiger partial charge >= 0.3 is 0 Å². The summed E-state index contributed by atoms with van der Waals surface area (Å²) in [5.41, 5.74) is 4.02. The van der Waals surface area contributed by atoms with Crippen molar-refractivity contribution in [1.82, 2.24) is 0 Å². The van der Waals surface area contributed by atoms with Gasteiger partial charge in [0.05, 0.1) is 0 Å². The summed E-state index contributed by atoms with van der Waals surface area (Å²) in [5.74, 6) is 0. The average molecular weight is 227 g/mol. The van der Waals surface area contributed by atoms with Crippen molar-refractivity contribution in [3.63, 3.8) is 0 Å². The van der Waals surface area contributed by atoms with Crippen molar-refractivity contribution < 1.29 is 13.2 Å². The van der Waals surface area contributed by atoms with Gasteiger partial charge in [-0.3, -0.25) is 5.73 Å². The van der Waals surface area contributed by atoms with E-state index < -0.39 is 12.7 Å². The quantitative estimate of drug-likeness (QED) is 0.527. The molecule has 2 N–H and O–H groups in total. The minimum absolute atomic E-state index is 0. The summed E-state index contributed by atoms with van der Waals surface area (Å²) in [5, 5.41) is 0. The van der Waals surface area contributed by atoms with Crippen LogP contribution in [0.25, 0.3) is 0 Å². The van der Waals surface area contributed by atoms with Gasteiger partial charge in [-0.05, 0) is 0 Å². The van der Waals surface area contributed by atoms with Gasteiger partial charge in [-0.1, -0.05) is 0 Å². The van der Waals surface area contributed by atoms with E-state index in [1.807, 2.05) is 0 Å². The maximum atomic E-state index is 10.9. The fourth-order valence-electron chi connectivity index (χ4n) is 0. The average Bonchev–Trinajstić information content (AvgIpc) is 1.36. The first kappa shape index (κ1) is 10.5. The van der Waals surface area contributed by atoms with Gasteiger partial charge in [-0.25, -0.2) is 13.2 Å². The highest BCUT2D eigenvalue weighted by Gasteiger charge is 2.11. The molecule has 0 radical (unpaired) electrons. The lowest BCUT2D eigenvalue weighted by Gasteiger charge is -1.93. The van der Waals surface area contributed by atoms with Crippen LogP contribution in [0, 0.1) is 0 Å². The summed E-state index contributed by atoms with van der Waals surface area (Å²) in [7, 11) is 0. The largest absolute Gasteiger partial charge is 0.297 e. The van der Waals surface area contributed by atoms with E-state index in [9.17, 15) is 13.2 Å². The van der Waals surface area contributed by atoms with Crippen LogP contribution in [0.3, 0.4) is 0 Å². The van der Waals surface area contributed by atoms with Gasteiger partial charge in [0.1, 0.15) is 0 Å². The van der Waals surface area contributed by atoms with E-state index in [4.69, 9.17) is 0 Å². The van der Waals surface area contributed by atoms with E-state index in [1.54, 1.807) is 0 Å². The highest BCUT2D eigenvalue weighted by atomic mass is 127. The highest BCUT2D eigenvalue weighted by molar-refractivity contribution is 14.0. The Bertz CT molecular complexity index is 33.9. The molecule has 0 aliphatic heterocycles. The van der Waals surface area contributed by atoms with Gasteiger partial charge in [0.2, 0.25) is 6.30 Å². The van der Waals surface area contributed by atoms with E-state index in [-0.39, 0.29) is 24.0 Å². The maximum Gasteiger partial charge on any atom is 0.282 e. The SMILES string of the molecule is I.NC(F)C(F)F. The Morgan fingerprint density at radius 2 is 1.29 bits per heavy atom. The minimum atomic E-state index is -3.04. The van der Waals surface area contributed by atoms with Crippen molar-refractivity contribution in [1.29, 1.82) is 0 Å². The molecule has 0 aromatic rings. The van der Waals surface area contributed by atoms with E-state index in [0.717, 1.165) is 0 Å². The first-order chi connectivity index (χ1) is 2.64. The van der Waals surface area contributed by atoms with E-state index >= 15 is 0 Å². The Hall–Kier alpha value is 0.480. The van der Waals surface area contributed by atoms with Gasteiger partial charge < -0.3 is 0 Å². The van der Waals surface area contributed by atoms with Crippen molar-refractivity contribution in [2.75, 3.05) is 0 Å². The topological polar surface area (TPSA) is 26.0 Å². The predicted octanol–water partition coefficient (Wildman–Crippen LogP) is 1.12. The predicted molar refractivity (Wildman–Crippen MR) is 30.5 cm³/mol. The number of nitrogens with two attached hydrogens (primary N) is 1. The molecule has 7 heavy (non-hydrogen) atoms. The molecule has 0 heterocycles. The van der Waals surface area contributed by atoms with Crippen LogP contribution in [-0.2, 0) is 0 Å². The van der Waals surface area contributed by atoms with Crippen LogP contribution in [0.15, 0.2) is 0 Å². The molecule has 0 aliphatic carbocycles. The van der Waals surface area contributed by atoms with E-state index in [2.05, 4.69) is 5.73 Å². The van der Waals surface area contributed by atoms with E-state index in [1.165, 1.54) is 0 Å². The third-order valence-corrected chi connectivity index (χ3v) is 0.241. The van der Waals surface area contributed by atoms with Gasteiger partial charge in [0, 0.05) is 0 Å². The summed E-state index contributed by atoms with van der Waals surface area (Å²) < 4.78 is 32.2. The van der Waals surface area contributed by atoms with Gasteiger partial charge in [0.15, 0.2) is 0 Å². The van der Waals surface area contributed by atoms with Crippen LogP contribution >= 0.6 is 24.0 Å². The zero-order valence-corrected chi connectivity index (χ0v) is 5.60. The Kier molecular flexibility index (Phi) is 6.92. The molecule has 0 aliphatic rings. The minimum Gasteiger partial charge on any atom is -0.297 e. The molecule has 46 valence electrons. The lowest BCUT2D eigenvalue weighted by molar-refractivity contribution is 0.0537. The summed E-state index contributed by atoms with van der Waals surface area (Å²) in [6, 6.07) is 0. The summed E-state index contributed by atoms with van der Waals surface area (Å²) >= 11 is 0.